The molecule has 1 aromatic heterocycles. The normalized spacial score (nSPS) is 13.1. The second-order valence-corrected chi connectivity index (χ2v) is 9.13. The van der Waals surface area contributed by atoms with Crippen molar-refractivity contribution in [3.05, 3.63) is 69.0 Å². The van der Waals surface area contributed by atoms with Gasteiger partial charge >= 0.3 is 5.97 Å². The van der Waals surface area contributed by atoms with Crippen LogP contribution in [0.15, 0.2) is 50.6 Å². The number of aliphatic carboxylic acids is 1. The van der Waals surface area contributed by atoms with Crippen molar-refractivity contribution in [2.45, 2.75) is 39.3 Å². The molecule has 0 aliphatic carbocycles. The Hall–Kier alpha value is -4.92. The van der Waals surface area contributed by atoms with Gasteiger partial charge in [0.15, 0.2) is 0 Å². The number of terminal acetylenes is 1. The number of aromatic nitrogens is 2. The molecule has 3 N–H and O–H groups in total. The van der Waals surface area contributed by atoms with Crippen LogP contribution in [0.4, 0.5) is 10.1 Å². The minimum absolute atomic E-state index is 0.0592. The Kier molecular flexibility index (Phi) is 8.10. The fourth-order valence-corrected chi connectivity index (χ4v) is 4.23. The summed E-state index contributed by atoms with van der Waals surface area (Å²) in [6.07, 6.45) is 5.91. The van der Waals surface area contributed by atoms with Crippen LogP contribution >= 0.6 is 0 Å². The van der Waals surface area contributed by atoms with Crippen LogP contribution in [0, 0.1) is 32.0 Å². The molecule has 0 radical (unpaired) electrons. The van der Waals surface area contributed by atoms with E-state index < -0.39 is 23.7 Å². The van der Waals surface area contributed by atoms with E-state index in [9.17, 15) is 19.5 Å². The molecule has 0 bridgehead atoms. The molecule has 1 unspecified atom stereocenters. The Labute approximate surface area is 222 Å². The van der Waals surface area contributed by atoms with Crippen LogP contribution in [-0.2, 0) is 11.3 Å². The van der Waals surface area contributed by atoms with E-state index in [4.69, 9.17) is 6.42 Å². The number of carbonyl (C=O) groups is 2. The second kappa shape index (κ2) is 11.6. The molecule has 2 aromatic carbocycles. The molecule has 0 fully saturated rings. The lowest BCUT2D eigenvalue weighted by Gasteiger charge is -2.24. The third-order valence-electron chi connectivity index (χ3n) is 6.31. The van der Waals surface area contributed by atoms with Gasteiger partial charge in [-0.1, -0.05) is 5.92 Å². The third-order valence-corrected chi connectivity index (χ3v) is 6.31. The number of aryl methyl sites for hydroxylation is 2. The summed E-state index contributed by atoms with van der Waals surface area (Å²) in [5.74, 6) is 0.126. The molecular formula is C27H26FN7O4. The molecule has 200 valence electrons. The van der Waals surface area contributed by atoms with Crippen molar-refractivity contribution in [3.63, 3.8) is 0 Å². The maximum absolute atomic E-state index is 15.1. The number of nitrogens with one attached hydrogen (secondary N) is 2. The molecule has 3 aromatic rings. The number of rotatable bonds is 10. The van der Waals surface area contributed by atoms with E-state index in [1.165, 1.54) is 18.2 Å². The van der Waals surface area contributed by atoms with Crippen molar-refractivity contribution in [1.82, 2.24) is 15.3 Å². The van der Waals surface area contributed by atoms with Gasteiger partial charge in [0.25, 0.3) is 11.5 Å². The Bertz CT molecular complexity index is 1610. The first-order valence-electron chi connectivity index (χ1n) is 12.1. The van der Waals surface area contributed by atoms with Crippen LogP contribution in [0.2, 0.25) is 0 Å². The highest BCUT2D eigenvalue weighted by atomic mass is 19.1. The number of benzene rings is 2. The molecule has 11 nitrogen and oxygen atoms in total. The molecule has 39 heavy (non-hydrogen) atoms. The predicted octanol–water partition coefficient (Wildman–Crippen LogP) is 3.10. The summed E-state index contributed by atoms with van der Waals surface area (Å²) in [5.41, 5.74) is 2.71. The van der Waals surface area contributed by atoms with Crippen molar-refractivity contribution in [2.75, 3.05) is 18.0 Å². The molecule has 1 atom stereocenters. The maximum atomic E-state index is 15.1. The molecule has 1 amide bonds. The average molecular weight is 532 g/mol. The highest BCUT2D eigenvalue weighted by Gasteiger charge is 2.24. The number of H-pyrrole nitrogens is 1. The first-order chi connectivity index (χ1) is 18.7. The predicted molar refractivity (Wildman–Crippen MR) is 143 cm³/mol. The molecule has 4 rings (SSSR count). The van der Waals surface area contributed by atoms with Gasteiger partial charge in [-0.3, -0.25) is 9.59 Å². The number of fused-ring (bicyclic) bond motifs is 1. The van der Waals surface area contributed by atoms with Crippen LogP contribution < -0.4 is 15.8 Å². The largest absolute Gasteiger partial charge is 0.480 e. The minimum Gasteiger partial charge on any atom is -0.480 e. The van der Waals surface area contributed by atoms with E-state index in [0.717, 1.165) is 11.1 Å². The molecule has 1 aliphatic rings. The second-order valence-electron chi connectivity index (χ2n) is 9.13. The van der Waals surface area contributed by atoms with Gasteiger partial charge < -0.3 is 20.3 Å². The third kappa shape index (κ3) is 6.32. The van der Waals surface area contributed by atoms with Gasteiger partial charge in [-0.15, -0.1) is 11.5 Å². The zero-order valence-electron chi connectivity index (χ0n) is 21.4. The summed E-state index contributed by atoms with van der Waals surface area (Å²) in [6, 6.07) is 6.31. The smallest absolute Gasteiger partial charge is 0.326 e. The number of halogens is 1. The summed E-state index contributed by atoms with van der Waals surface area (Å²) >= 11 is 0. The van der Waals surface area contributed by atoms with E-state index in [1.54, 1.807) is 17.9 Å². The van der Waals surface area contributed by atoms with Gasteiger partial charge in [0.2, 0.25) is 0 Å². The Morgan fingerprint density at radius 1 is 1.28 bits per heavy atom. The minimum atomic E-state index is -1.25. The standard InChI is InChI=1S/C27H26FN7O4/c1-4-9-35(14-17-11-21-24(10-15(17)2)30-16(3)31-26(21)37)19-6-7-20(22(28)12-19)25(36)32-23(27(38)39)8-5-18-13-29-34-33-18/h1,6-7,10-12,23H,5,8-9,13-14H2,2-3H3,(H,32,36)(H,38,39)(H,30,31,37). The van der Waals surface area contributed by atoms with E-state index in [0.29, 0.717) is 28.1 Å². The molecule has 1 aliphatic heterocycles. The summed E-state index contributed by atoms with van der Waals surface area (Å²) in [6.45, 7) is 4.29. The van der Waals surface area contributed by atoms with Gasteiger partial charge in [-0.2, -0.15) is 5.11 Å². The van der Waals surface area contributed by atoms with Crippen molar-refractivity contribution in [3.8, 4) is 12.3 Å². The molecule has 0 saturated heterocycles. The van der Waals surface area contributed by atoms with Gasteiger partial charge in [-0.25, -0.2) is 14.2 Å². The van der Waals surface area contributed by atoms with Crippen LogP contribution in [0.1, 0.15) is 40.2 Å². The zero-order chi connectivity index (χ0) is 28.1. The van der Waals surface area contributed by atoms with Gasteiger partial charge in [0.1, 0.15) is 24.2 Å². The monoisotopic (exact) mass is 531 g/mol. The number of nitrogens with zero attached hydrogens (tertiary/aromatic N) is 5. The highest BCUT2D eigenvalue weighted by molar-refractivity contribution is 5.97. The molecule has 2 heterocycles. The summed E-state index contributed by atoms with van der Waals surface area (Å²) in [7, 11) is 0. The maximum Gasteiger partial charge on any atom is 0.326 e. The average Bonchev–Trinajstić information content (AvgIpc) is 3.40. The van der Waals surface area contributed by atoms with E-state index in [2.05, 4.69) is 36.6 Å². The number of hydrogen-bond acceptors (Lipinski definition) is 8. The molecule has 0 spiro atoms. The number of carboxylic acids is 1. The first-order valence-corrected chi connectivity index (χ1v) is 12.1. The summed E-state index contributed by atoms with van der Waals surface area (Å²) in [5, 5.41) is 23.3. The van der Waals surface area contributed by atoms with E-state index >= 15 is 4.39 Å². The van der Waals surface area contributed by atoms with Crippen LogP contribution in [0.25, 0.3) is 10.9 Å². The van der Waals surface area contributed by atoms with Crippen LogP contribution in [0.5, 0.6) is 0 Å². The number of anilines is 1. The Balaban J connectivity index is 1.53. The number of carboxylic acid groups (broad SMARTS) is 1. The molecule has 0 saturated carbocycles. The number of aromatic amines is 1. The van der Waals surface area contributed by atoms with Gasteiger partial charge in [0.05, 0.1) is 28.7 Å². The SMILES string of the molecule is C#CCN(Cc1cc2c(=O)[nH]c(C)nc2cc1C)c1ccc(C(=O)NC(CCC2=NN=NC2)C(=O)O)c(F)c1. The summed E-state index contributed by atoms with van der Waals surface area (Å²) in [4.78, 5) is 45.6. The van der Waals surface area contributed by atoms with Crippen molar-refractivity contribution in [2.24, 2.45) is 15.4 Å². The lowest BCUT2D eigenvalue weighted by Crippen LogP contribution is -2.41. The number of carbonyl (C=O) groups excluding carboxylic acids is 1. The van der Waals surface area contributed by atoms with Gasteiger partial charge in [0, 0.05) is 12.2 Å². The lowest BCUT2D eigenvalue weighted by atomic mass is 10.0. The molecule has 12 heteroatoms. The van der Waals surface area contributed by atoms with E-state index in [1.807, 2.05) is 13.0 Å². The highest BCUT2D eigenvalue weighted by Crippen LogP contribution is 2.24. The zero-order valence-corrected chi connectivity index (χ0v) is 21.4. The van der Waals surface area contributed by atoms with Crippen LogP contribution in [-0.4, -0.2) is 51.8 Å². The summed E-state index contributed by atoms with van der Waals surface area (Å²) < 4.78 is 15.1. The fourth-order valence-electron chi connectivity index (χ4n) is 4.23. The van der Waals surface area contributed by atoms with Crippen LogP contribution in [0.3, 0.4) is 0 Å². The topological polar surface area (TPSA) is 152 Å². The van der Waals surface area contributed by atoms with Crippen molar-refractivity contribution < 1.29 is 19.1 Å². The number of hydrogen-bond donors (Lipinski definition) is 3. The van der Waals surface area contributed by atoms with E-state index in [-0.39, 0.29) is 43.6 Å². The van der Waals surface area contributed by atoms with Gasteiger partial charge in [-0.05, 0) is 73.4 Å². The lowest BCUT2D eigenvalue weighted by molar-refractivity contribution is -0.139. The van der Waals surface area contributed by atoms with Crippen molar-refractivity contribution >= 4 is 34.2 Å². The Morgan fingerprint density at radius 3 is 2.74 bits per heavy atom. The molecular weight excluding hydrogens is 505 g/mol. The Morgan fingerprint density at radius 2 is 2.08 bits per heavy atom. The first kappa shape index (κ1) is 27.1. The number of amides is 1. The van der Waals surface area contributed by atoms with Crippen molar-refractivity contribution in [1.29, 1.82) is 0 Å². The quantitative estimate of drug-likeness (QED) is 0.342. The fraction of sp³-hybridized carbons (Fsp3) is 0.296.